The predicted molar refractivity (Wildman–Crippen MR) is 160 cm³/mol. The molecule has 12 heteroatoms. The summed E-state index contributed by atoms with van der Waals surface area (Å²) < 4.78 is 32.2. The van der Waals surface area contributed by atoms with Crippen molar-refractivity contribution in [1.82, 2.24) is 0 Å². The molecular weight excluding hydrogens is 576 g/mol. The Morgan fingerprint density at radius 2 is 0.455 bits per heavy atom. The van der Waals surface area contributed by atoms with Crippen molar-refractivity contribution in [3.63, 3.8) is 0 Å². The molecule has 0 aliphatic rings. The lowest BCUT2D eigenvalue weighted by molar-refractivity contribution is -0.217. The first kappa shape index (κ1) is 40.8. The van der Waals surface area contributed by atoms with E-state index in [0.29, 0.717) is 77.0 Å². The van der Waals surface area contributed by atoms with E-state index < -0.39 is 46.6 Å². The van der Waals surface area contributed by atoms with Gasteiger partial charge in [0, 0.05) is 0 Å². The van der Waals surface area contributed by atoms with Crippen molar-refractivity contribution in [2.24, 2.45) is 10.8 Å². The van der Waals surface area contributed by atoms with Crippen LogP contribution in [0.2, 0.25) is 0 Å². The van der Waals surface area contributed by atoms with Crippen LogP contribution >= 0.6 is 0 Å². The third-order valence-electron chi connectivity index (χ3n) is 6.79. The minimum Gasteiger partial charge on any atom is -0.464 e. The topological polar surface area (TPSA) is 158 Å². The Labute approximate surface area is 262 Å². The van der Waals surface area contributed by atoms with Crippen molar-refractivity contribution >= 4 is 35.8 Å². The maximum atomic E-state index is 14.2. The van der Waals surface area contributed by atoms with Gasteiger partial charge in [-0.2, -0.15) is 0 Å². The highest BCUT2D eigenvalue weighted by molar-refractivity contribution is 6.34. The number of carbonyl (C=O) groups excluding carboxylic acids is 6. The molecule has 0 amide bonds. The lowest BCUT2D eigenvalue weighted by Crippen LogP contribution is -2.70. The summed E-state index contributed by atoms with van der Waals surface area (Å²) in [7, 11) is 0. The van der Waals surface area contributed by atoms with E-state index in [-0.39, 0.29) is 39.6 Å². The second-order valence-electron chi connectivity index (χ2n) is 10.4. The molecule has 0 heterocycles. The fourth-order valence-corrected chi connectivity index (χ4v) is 3.92. The quantitative estimate of drug-likeness (QED) is 0.0575. The molecule has 12 nitrogen and oxygen atoms in total. The van der Waals surface area contributed by atoms with Gasteiger partial charge in [0.15, 0.2) is 0 Å². The molecule has 0 aliphatic carbocycles. The Morgan fingerprint density at radius 3 is 0.568 bits per heavy atom. The van der Waals surface area contributed by atoms with Gasteiger partial charge in [0.1, 0.15) is 0 Å². The van der Waals surface area contributed by atoms with E-state index in [0.717, 1.165) is 0 Å². The van der Waals surface area contributed by atoms with Crippen molar-refractivity contribution < 1.29 is 57.2 Å². The highest BCUT2D eigenvalue weighted by atomic mass is 16.6. The molecule has 0 rings (SSSR count). The van der Waals surface area contributed by atoms with Gasteiger partial charge in [-0.15, -0.1) is 0 Å². The fourth-order valence-electron chi connectivity index (χ4n) is 3.92. The van der Waals surface area contributed by atoms with Crippen molar-refractivity contribution in [3.05, 3.63) is 0 Å². The fraction of sp³-hybridized carbons (Fsp3) is 0.812. The molecule has 0 aromatic rings. The van der Waals surface area contributed by atoms with Gasteiger partial charge in [-0.3, -0.25) is 28.8 Å². The molecule has 0 fully saturated rings. The maximum absolute atomic E-state index is 14.2. The van der Waals surface area contributed by atoms with Crippen LogP contribution in [0.25, 0.3) is 0 Å². The van der Waals surface area contributed by atoms with E-state index in [2.05, 4.69) is 0 Å². The van der Waals surface area contributed by atoms with Gasteiger partial charge < -0.3 is 28.4 Å². The van der Waals surface area contributed by atoms with Crippen molar-refractivity contribution in [2.75, 3.05) is 39.6 Å². The van der Waals surface area contributed by atoms with Gasteiger partial charge >= 0.3 is 35.8 Å². The van der Waals surface area contributed by atoms with E-state index in [9.17, 15) is 28.8 Å². The summed E-state index contributed by atoms with van der Waals surface area (Å²) in [6.45, 7) is 9.10. The van der Waals surface area contributed by atoms with Crippen LogP contribution in [0, 0.1) is 10.8 Å². The van der Waals surface area contributed by atoms with E-state index in [1.165, 1.54) is 0 Å². The van der Waals surface area contributed by atoms with Crippen LogP contribution in [0.4, 0.5) is 0 Å². The molecule has 0 aromatic carbocycles. The van der Waals surface area contributed by atoms with Crippen LogP contribution in [0.3, 0.4) is 0 Å². The van der Waals surface area contributed by atoms with E-state index in [1.807, 2.05) is 41.5 Å². The molecule has 0 radical (unpaired) electrons. The van der Waals surface area contributed by atoms with Crippen LogP contribution in [0.15, 0.2) is 0 Å². The molecule has 254 valence electrons. The standard InChI is InChI=1S/C32H54O12/c1-7-13-19-39-25(33)31(26(34)40-20-14-8-2,27(35)41-21-15-9-3)32(28(36)42-22-16-10-4,29(37)43-23-17-11-5)30(38)44-24-18-12-6/h7-24H2,1-6H3. The highest BCUT2D eigenvalue weighted by Crippen LogP contribution is 2.47. The summed E-state index contributed by atoms with van der Waals surface area (Å²) in [4.78, 5) is 85.1. The lowest BCUT2D eigenvalue weighted by Gasteiger charge is -2.39. The van der Waals surface area contributed by atoms with E-state index >= 15 is 0 Å². The number of rotatable bonds is 25. The first-order valence-corrected chi connectivity index (χ1v) is 16.2. The molecule has 0 saturated heterocycles. The predicted octanol–water partition coefficient (Wildman–Crippen LogP) is 5.02. The molecule has 0 atom stereocenters. The summed E-state index contributed by atoms with van der Waals surface area (Å²) in [6.07, 6.45) is 5.24. The Balaban J connectivity index is 7.92. The van der Waals surface area contributed by atoms with Gasteiger partial charge in [-0.25, -0.2) is 0 Å². The van der Waals surface area contributed by atoms with Crippen LogP contribution in [-0.2, 0) is 57.2 Å². The first-order valence-electron chi connectivity index (χ1n) is 16.2. The summed E-state index contributed by atoms with van der Waals surface area (Å²) in [6, 6.07) is 0. The zero-order valence-corrected chi connectivity index (χ0v) is 27.6. The third kappa shape index (κ3) is 10.8. The highest BCUT2D eigenvalue weighted by Gasteiger charge is 2.83. The van der Waals surface area contributed by atoms with Gasteiger partial charge in [0.25, 0.3) is 10.8 Å². The van der Waals surface area contributed by atoms with Gasteiger partial charge in [-0.05, 0) is 38.5 Å². The Kier molecular flexibility index (Phi) is 21.6. The van der Waals surface area contributed by atoms with Crippen LogP contribution in [-0.4, -0.2) is 75.5 Å². The lowest BCUT2D eigenvalue weighted by atomic mass is 9.62. The molecule has 0 spiro atoms. The molecule has 0 unspecified atom stereocenters. The Morgan fingerprint density at radius 1 is 0.318 bits per heavy atom. The Bertz CT molecular complexity index is 716. The largest absolute Gasteiger partial charge is 0.464 e. The number of ether oxygens (including phenoxy) is 6. The summed E-state index contributed by atoms with van der Waals surface area (Å²) in [5.74, 6) is -9.99. The minimum absolute atomic E-state index is 0.293. The van der Waals surface area contributed by atoms with Crippen LogP contribution < -0.4 is 0 Å². The van der Waals surface area contributed by atoms with Crippen molar-refractivity contribution in [2.45, 2.75) is 119 Å². The number of carbonyl (C=O) groups is 6. The summed E-state index contributed by atoms with van der Waals surface area (Å²) >= 11 is 0. The number of hydrogen-bond acceptors (Lipinski definition) is 12. The molecule has 0 N–H and O–H groups in total. The van der Waals surface area contributed by atoms with Gasteiger partial charge in [0.2, 0.25) is 0 Å². The smallest absolute Gasteiger partial charge is 0.337 e. The zero-order chi connectivity index (χ0) is 33.4. The number of hydrogen-bond donors (Lipinski definition) is 0. The second-order valence-corrected chi connectivity index (χ2v) is 10.4. The van der Waals surface area contributed by atoms with Crippen molar-refractivity contribution in [3.8, 4) is 0 Å². The summed E-state index contributed by atoms with van der Waals surface area (Å²) in [5.41, 5.74) is -7.23. The number of esters is 6. The van der Waals surface area contributed by atoms with Gasteiger partial charge in [0.05, 0.1) is 39.6 Å². The summed E-state index contributed by atoms with van der Waals surface area (Å²) in [5, 5.41) is 0. The molecule has 44 heavy (non-hydrogen) atoms. The SMILES string of the molecule is CCCCOC(=O)C(C(=O)OCCCC)(C(=O)OCCCC)C(C(=O)OCCCC)(C(=O)OCCCC)C(=O)OCCCC. The normalized spacial score (nSPS) is 11.3. The first-order chi connectivity index (χ1) is 21.1. The van der Waals surface area contributed by atoms with Crippen molar-refractivity contribution in [1.29, 1.82) is 0 Å². The average molecular weight is 631 g/mol. The van der Waals surface area contributed by atoms with E-state index in [4.69, 9.17) is 28.4 Å². The third-order valence-corrected chi connectivity index (χ3v) is 6.79. The second kappa shape index (κ2) is 23.2. The minimum atomic E-state index is -3.61. The van der Waals surface area contributed by atoms with Crippen LogP contribution in [0.5, 0.6) is 0 Å². The molecule has 0 aromatic heterocycles. The van der Waals surface area contributed by atoms with Gasteiger partial charge in [-0.1, -0.05) is 80.1 Å². The Hall–Kier alpha value is -3.18. The van der Waals surface area contributed by atoms with E-state index in [1.54, 1.807) is 0 Å². The maximum Gasteiger partial charge on any atom is 0.337 e. The molecule has 0 aliphatic heterocycles. The zero-order valence-electron chi connectivity index (χ0n) is 27.6. The average Bonchev–Trinajstić information content (AvgIpc) is 3.00. The molecular formula is C32H54O12. The molecule has 0 saturated carbocycles. The molecule has 0 bridgehead atoms. The monoisotopic (exact) mass is 630 g/mol. The van der Waals surface area contributed by atoms with Crippen LogP contribution in [0.1, 0.15) is 119 Å². The number of unbranched alkanes of at least 4 members (excludes halogenated alkanes) is 6.